The third kappa shape index (κ3) is 6.66. The Morgan fingerprint density at radius 3 is 2.69 bits per heavy atom. The van der Waals surface area contributed by atoms with Gasteiger partial charge in [0.1, 0.15) is 12.4 Å². The second kappa shape index (κ2) is 11.3. The van der Waals surface area contributed by atoms with Crippen LogP contribution < -0.4 is 15.8 Å². The number of hydrogen-bond donors (Lipinski definition) is 2. The van der Waals surface area contributed by atoms with Crippen molar-refractivity contribution in [3.63, 3.8) is 0 Å². The molecule has 1 saturated heterocycles. The van der Waals surface area contributed by atoms with E-state index in [0.29, 0.717) is 25.5 Å². The molecule has 1 unspecified atom stereocenters. The minimum atomic E-state index is -0.225. The predicted molar refractivity (Wildman–Crippen MR) is 116 cm³/mol. The highest BCUT2D eigenvalue weighted by Crippen LogP contribution is 2.22. The number of aryl methyl sites for hydroxylation is 2. The van der Waals surface area contributed by atoms with E-state index in [9.17, 15) is 4.79 Å². The van der Waals surface area contributed by atoms with Crippen molar-refractivity contribution < 1.29 is 9.53 Å². The molecule has 0 aromatic heterocycles. The number of halogens is 1. The lowest BCUT2D eigenvalue weighted by Gasteiger charge is -2.34. The Kier molecular flexibility index (Phi) is 9.75. The molecule has 1 fully saturated rings. The molecule has 2 rings (SSSR count). The Hall–Kier alpha value is -1.51. The molecule has 0 radical (unpaired) electrons. The van der Waals surface area contributed by atoms with Crippen LogP contribution in [0.15, 0.2) is 23.2 Å². The number of nitrogens with two attached hydrogens (primary N) is 1. The average Bonchev–Trinajstić information content (AvgIpc) is 2.57. The van der Waals surface area contributed by atoms with Crippen LogP contribution in [0, 0.1) is 19.8 Å². The minimum Gasteiger partial charge on any atom is -0.491 e. The van der Waals surface area contributed by atoms with Crippen LogP contribution in [0.25, 0.3) is 0 Å². The van der Waals surface area contributed by atoms with Gasteiger partial charge in [-0.25, -0.2) is 0 Å². The molecular formula is C19H31IN4O2. The molecule has 1 atom stereocenters. The van der Waals surface area contributed by atoms with Crippen LogP contribution in [0.4, 0.5) is 0 Å². The largest absolute Gasteiger partial charge is 0.491 e. The van der Waals surface area contributed by atoms with Crippen LogP contribution in [0.3, 0.4) is 0 Å². The number of carbonyl (C=O) groups excluding carboxylic acids is 1. The number of nitrogens with one attached hydrogen (secondary N) is 1. The molecule has 146 valence electrons. The summed E-state index contributed by atoms with van der Waals surface area (Å²) in [7, 11) is 1.78. The quantitative estimate of drug-likeness (QED) is 0.287. The van der Waals surface area contributed by atoms with E-state index in [1.165, 1.54) is 0 Å². The van der Waals surface area contributed by atoms with Gasteiger partial charge in [0.25, 0.3) is 0 Å². The first kappa shape index (κ1) is 22.5. The maximum atomic E-state index is 11.2. The van der Waals surface area contributed by atoms with Crippen molar-refractivity contribution in [3.8, 4) is 5.75 Å². The second-order valence-corrected chi connectivity index (χ2v) is 6.67. The molecule has 26 heavy (non-hydrogen) atoms. The maximum absolute atomic E-state index is 11.2. The second-order valence-electron chi connectivity index (χ2n) is 6.67. The lowest BCUT2D eigenvalue weighted by molar-refractivity contribution is -0.119. The summed E-state index contributed by atoms with van der Waals surface area (Å²) < 4.78 is 5.93. The molecule has 0 spiro atoms. The SMILES string of the molecule is CN=C(NCCOc1c(C)cccc1C)N1CCCC(CC(N)=O)C1.I. The van der Waals surface area contributed by atoms with Crippen LogP contribution in [-0.4, -0.2) is 50.1 Å². The number of guanidine groups is 1. The summed E-state index contributed by atoms with van der Waals surface area (Å²) in [5, 5.41) is 3.36. The summed E-state index contributed by atoms with van der Waals surface area (Å²) in [5.74, 6) is 1.91. The lowest BCUT2D eigenvalue weighted by Crippen LogP contribution is -2.48. The van der Waals surface area contributed by atoms with Gasteiger partial charge in [-0.1, -0.05) is 18.2 Å². The van der Waals surface area contributed by atoms with Gasteiger partial charge in [0.05, 0.1) is 6.54 Å². The Morgan fingerprint density at radius 2 is 2.08 bits per heavy atom. The molecule has 1 aliphatic rings. The van der Waals surface area contributed by atoms with Crippen LogP contribution in [0.2, 0.25) is 0 Å². The van der Waals surface area contributed by atoms with Gasteiger partial charge < -0.3 is 20.7 Å². The molecule has 6 nitrogen and oxygen atoms in total. The number of benzene rings is 1. The first-order chi connectivity index (χ1) is 12.0. The van der Waals surface area contributed by atoms with Gasteiger partial charge in [-0.15, -0.1) is 24.0 Å². The fourth-order valence-electron chi connectivity index (χ4n) is 3.38. The van der Waals surface area contributed by atoms with Crippen molar-refractivity contribution >= 4 is 35.8 Å². The van der Waals surface area contributed by atoms with Crippen molar-refractivity contribution in [3.05, 3.63) is 29.3 Å². The first-order valence-electron chi connectivity index (χ1n) is 8.94. The van der Waals surface area contributed by atoms with E-state index in [1.807, 2.05) is 6.07 Å². The van der Waals surface area contributed by atoms with Gasteiger partial charge in [0.15, 0.2) is 5.96 Å². The normalized spacial score (nSPS) is 17.4. The molecule has 0 bridgehead atoms. The van der Waals surface area contributed by atoms with E-state index in [0.717, 1.165) is 48.8 Å². The number of rotatable bonds is 6. The number of carbonyl (C=O) groups is 1. The molecule has 1 amide bonds. The fraction of sp³-hybridized carbons (Fsp3) is 0.579. The van der Waals surface area contributed by atoms with E-state index < -0.39 is 0 Å². The summed E-state index contributed by atoms with van der Waals surface area (Å²) in [6.07, 6.45) is 2.55. The Bertz CT molecular complexity index is 601. The van der Waals surface area contributed by atoms with Crippen molar-refractivity contribution in [1.29, 1.82) is 0 Å². The smallest absolute Gasteiger partial charge is 0.217 e. The van der Waals surface area contributed by atoms with Gasteiger partial charge in [0, 0.05) is 26.6 Å². The topological polar surface area (TPSA) is 80.0 Å². The number of ether oxygens (including phenoxy) is 1. The Morgan fingerprint density at radius 1 is 1.38 bits per heavy atom. The zero-order valence-electron chi connectivity index (χ0n) is 16.0. The van der Waals surface area contributed by atoms with Gasteiger partial charge in [-0.3, -0.25) is 9.79 Å². The number of hydrogen-bond acceptors (Lipinski definition) is 3. The Balaban J connectivity index is 0.00000338. The highest BCUT2D eigenvalue weighted by molar-refractivity contribution is 14.0. The highest BCUT2D eigenvalue weighted by atomic mass is 127. The van der Waals surface area contributed by atoms with Crippen LogP contribution in [0.1, 0.15) is 30.4 Å². The number of primary amides is 1. The fourth-order valence-corrected chi connectivity index (χ4v) is 3.38. The number of likely N-dealkylation sites (tertiary alicyclic amines) is 1. The third-order valence-electron chi connectivity index (χ3n) is 4.56. The van der Waals surface area contributed by atoms with E-state index >= 15 is 0 Å². The molecular weight excluding hydrogens is 443 g/mol. The van der Waals surface area contributed by atoms with E-state index in [1.54, 1.807) is 7.05 Å². The van der Waals surface area contributed by atoms with Crippen molar-refractivity contribution in [2.75, 3.05) is 33.3 Å². The van der Waals surface area contributed by atoms with Gasteiger partial charge >= 0.3 is 0 Å². The summed E-state index contributed by atoms with van der Waals surface area (Å²) in [4.78, 5) is 17.7. The molecule has 1 aliphatic heterocycles. The maximum Gasteiger partial charge on any atom is 0.217 e. The van der Waals surface area contributed by atoms with Crippen molar-refractivity contribution in [2.24, 2.45) is 16.6 Å². The van der Waals surface area contributed by atoms with Crippen LogP contribution in [0.5, 0.6) is 5.75 Å². The van der Waals surface area contributed by atoms with Gasteiger partial charge in [-0.2, -0.15) is 0 Å². The van der Waals surface area contributed by atoms with Gasteiger partial charge in [0.2, 0.25) is 5.91 Å². The molecule has 1 aromatic rings. The number of amides is 1. The predicted octanol–water partition coefficient (Wildman–Crippen LogP) is 2.46. The lowest BCUT2D eigenvalue weighted by atomic mass is 9.95. The van der Waals surface area contributed by atoms with Gasteiger partial charge in [-0.05, 0) is 43.7 Å². The number of piperidine rings is 1. The molecule has 0 saturated carbocycles. The molecule has 3 N–H and O–H groups in total. The number of aliphatic imine (C=N–C) groups is 1. The first-order valence-corrected chi connectivity index (χ1v) is 8.94. The number of nitrogens with zero attached hydrogens (tertiary/aromatic N) is 2. The van der Waals surface area contributed by atoms with Crippen molar-refractivity contribution in [1.82, 2.24) is 10.2 Å². The standard InChI is InChI=1S/C19H30N4O2.HI/c1-14-6-4-7-15(2)18(14)25-11-9-22-19(21-3)23-10-5-8-16(13-23)12-17(20)24;/h4,6-7,16H,5,8-13H2,1-3H3,(H2,20,24)(H,21,22);1H. The monoisotopic (exact) mass is 474 g/mol. The minimum absolute atomic E-state index is 0. The summed E-state index contributed by atoms with van der Waals surface area (Å²) in [6, 6.07) is 6.15. The molecule has 0 aliphatic carbocycles. The summed E-state index contributed by atoms with van der Waals surface area (Å²) >= 11 is 0. The summed E-state index contributed by atoms with van der Waals surface area (Å²) in [5.41, 5.74) is 7.63. The Labute approximate surface area is 173 Å². The molecule has 1 heterocycles. The summed E-state index contributed by atoms with van der Waals surface area (Å²) in [6.45, 7) is 7.14. The molecule has 7 heteroatoms. The van der Waals surface area contributed by atoms with Crippen LogP contribution >= 0.6 is 24.0 Å². The number of para-hydroxylation sites is 1. The zero-order chi connectivity index (χ0) is 18.2. The third-order valence-corrected chi connectivity index (χ3v) is 4.56. The van der Waals surface area contributed by atoms with Crippen LogP contribution in [-0.2, 0) is 4.79 Å². The van der Waals surface area contributed by atoms with E-state index in [-0.39, 0.29) is 29.9 Å². The van der Waals surface area contributed by atoms with Crippen molar-refractivity contribution in [2.45, 2.75) is 33.1 Å². The van der Waals surface area contributed by atoms with E-state index in [2.05, 4.69) is 41.2 Å². The average molecular weight is 474 g/mol. The zero-order valence-corrected chi connectivity index (χ0v) is 18.3. The molecule has 1 aromatic carbocycles. The highest BCUT2D eigenvalue weighted by Gasteiger charge is 2.23. The van der Waals surface area contributed by atoms with E-state index in [4.69, 9.17) is 10.5 Å².